The molecule has 0 unspecified atom stereocenters. The van der Waals surface area contributed by atoms with E-state index in [4.69, 9.17) is 4.74 Å². The molecule has 2 rings (SSSR count). The maximum absolute atomic E-state index is 10.6. The lowest BCUT2D eigenvalue weighted by Gasteiger charge is -2.15. The Morgan fingerprint density at radius 1 is 1.40 bits per heavy atom. The standard InChI is InChI=1S/C9H5Br2NO3/c10-6-1-5-2-7(12(13)14)4-15-9(5)8(11)3-6/h1-3H,4H2. The molecule has 1 aromatic carbocycles. The van der Waals surface area contributed by atoms with Crippen molar-refractivity contribution in [2.24, 2.45) is 0 Å². The Labute approximate surface area is 102 Å². The van der Waals surface area contributed by atoms with Crippen LogP contribution >= 0.6 is 31.9 Å². The van der Waals surface area contributed by atoms with E-state index in [9.17, 15) is 10.1 Å². The van der Waals surface area contributed by atoms with Gasteiger partial charge in [-0.1, -0.05) is 15.9 Å². The molecular formula is C9H5Br2NO3. The predicted octanol–water partition coefficient (Wildman–Crippen LogP) is 3.22. The summed E-state index contributed by atoms with van der Waals surface area (Å²) in [6.45, 7) is 0.000231. The van der Waals surface area contributed by atoms with E-state index in [0.717, 1.165) is 8.95 Å². The summed E-state index contributed by atoms with van der Waals surface area (Å²) in [7, 11) is 0. The van der Waals surface area contributed by atoms with Gasteiger partial charge in [-0.15, -0.1) is 0 Å². The van der Waals surface area contributed by atoms with Crippen molar-refractivity contribution in [2.75, 3.05) is 6.61 Å². The number of ether oxygens (including phenoxy) is 1. The third kappa shape index (κ3) is 2.05. The fourth-order valence-corrected chi connectivity index (χ4v) is 2.69. The first-order valence-electron chi connectivity index (χ1n) is 4.05. The molecule has 4 nitrogen and oxygen atoms in total. The number of fused-ring (bicyclic) bond motifs is 1. The second-order valence-electron chi connectivity index (χ2n) is 2.99. The molecule has 0 N–H and O–H groups in total. The molecule has 0 spiro atoms. The number of nitrogens with zero attached hydrogens (tertiary/aromatic N) is 1. The van der Waals surface area contributed by atoms with Gasteiger partial charge in [-0.05, 0) is 28.1 Å². The van der Waals surface area contributed by atoms with E-state index in [1.807, 2.05) is 6.07 Å². The van der Waals surface area contributed by atoms with E-state index in [2.05, 4.69) is 31.9 Å². The van der Waals surface area contributed by atoms with Gasteiger partial charge in [-0.2, -0.15) is 0 Å². The number of hydrogen-bond donors (Lipinski definition) is 0. The Morgan fingerprint density at radius 3 is 2.80 bits per heavy atom. The second-order valence-corrected chi connectivity index (χ2v) is 4.76. The number of benzene rings is 1. The average molecular weight is 335 g/mol. The van der Waals surface area contributed by atoms with Gasteiger partial charge < -0.3 is 4.74 Å². The third-order valence-electron chi connectivity index (χ3n) is 1.96. The molecule has 1 heterocycles. The van der Waals surface area contributed by atoms with Gasteiger partial charge in [0.1, 0.15) is 5.75 Å². The van der Waals surface area contributed by atoms with Crippen LogP contribution in [-0.4, -0.2) is 11.5 Å². The number of rotatable bonds is 1. The van der Waals surface area contributed by atoms with Gasteiger partial charge in [0, 0.05) is 16.1 Å². The van der Waals surface area contributed by atoms with E-state index in [1.54, 1.807) is 6.07 Å². The molecular weight excluding hydrogens is 330 g/mol. The minimum Gasteiger partial charge on any atom is -0.481 e. The quantitative estimate of drug-likeness (QED) is 0.585. The number of hydrogen-bond acceptors (Lipinski definition) is 3. The molecule has 0 amide bonds. The van der Waals surface area contributed by atoms with E-state index >= 15 is 0 Å². The van der Waals surface area contributed by atoms with Crippen LogP contribution in [0.15, 0.2) is 26.8 Å². The number of halogens is 2. The number of nitro groups is 1. The molecule has 1 aliphatic heterocycles. The zero-order chi connectivity index (χ0) is 11.0. The highest BCUT2D eigenvalue weighted by molar-refractivity contribution is 9.11. The Balaban J connectivity index is 2.54. The van der Waals surface area contributed by atoms with Crippen LogP contribution in [-0.2, 0) is 0 Å². The Hall–Kier alpha value is -0.880. The van der Waals surface area contributed by atoms with Crippen LogP contribution in [0.3, 0.4) is 0 Å². The van der Waals surface area contributed by atoms with Gasteiger partial charge in [-0.25, -0.2) is 0 Å². The zero-order valence-corrected chi connectivity index (χ0v) is 10.5. The maximum atomic E-state index is 10.6. The minimum absolute atomic E-state index is 0.000231. The van der Waals surface area contributed by atoms with Crippen molar-refractivity contribution in [1.82, 2.24) is 0 Å². The smallest absolute Gasteiger partial charge is 0.284 e. The van der Waals surface area contributed by atoms with Gasteiger partial charge in [-0.3, -0.25) is 10.1 Å². The van der Waals surface area contributed by atoms with Crippen molar-refractivity contribution < 1.29 is 9.66 Å². The molecule has 0 aromatic heterocycles. The summed E-state index contributed by atoms with van der Waals surface area (Å²) in [6.07, 6.45) is 1.52. The van der Waals surface area contributed by atoms with Gasteiger partial charge in [0.05, 0.1) is 9.40 Å². The zero-order valence-electron chi connectivity index (χ0n) is 7.37. The van der Waals surface area contributed by atoms with Crippen LogP contribution in [0, 0.1) is 10.1 Å². The van der Waals surface area contributed by atoms with Crippen LogP contribution in [0.1, 0.15) is 5.56 Å². The molecule has 6 heteroatoms. The normalized spacial score (nSPS) is 13.9. The summed E-state index contributed by atoms with van der Waals surface area (Å²) in [5, 5.41) is 10.6. The minimum atomic E-state index is -0.433. The third-order valence-corrected chi connectivity index (χ3v) is 3.00. The lowest BCUT2D eigenvalue weighted by Crippen LogP contribution is -2.13. The first-order chi connectivity index (χ1) is 7.08. The second kappa shape index (κ2) is 3.94. The van der Waals surface area contributed by atoms with Gasteiger partial charge in [0.2, 0.25) is 0 Å². The lowest BCUT2D eigenvalue weighted by atomic mass is 10.1. The lowest BCUT2D eigenvalue weighted by molar-refractivity contribution is -0.427. The molecule has 0 atom stereocenters. The molecule has 0 saturated carbocycles. The maximum Gasteiger partial charge on any atom is 0.284 e. The Morgan fingerprint density at radius 2 is 2.13 bits per heavy atom. The van der Waals surface area contributed by atoms with Crippen molar-refractivity contribution in [2.45, 2.75) is 0 Å². The Kier molecular flexibility index (Phi) is 2.79. The van der Waals surface area contributed by atoms with Crippen molar-refractivity contribution in [3.05, 3.63) is 42.5 Å². The van der Waals surface area contributed by atoms with Gasteiger partial charge in [0.25, 0.3) is 5.70 Å². The largest absolute Gasteiger partial charge is 0.481 e. The highest BCUT2D eigenvalue weighted by atomic mass is 79.9. The highest BCUT2D eigenvalue weighted by Crippen LogP contribution is 2.36. The predicted molar refractivity (Wildman–Crippen MR) is 62.3 cm³/mol. The first-order valence-corrected chi connectivity index (χ1v) is 5.63. The van der Waals surface area contributed by atoms with E-state index in [1.165, 1.54) is 6.08 Å². The van der Waals surface area contributed by atoms with Gasteiger partial charge in [0.15, 0.2) is 6.61 Å². The van der Waals surface area contributed by atoms with Gasteiger partial charge >= 0.3 is 0 Å². The van der Waals surface area contributed by atoms with Crippen LogP contribution in [0.2, 0.25) is 0 Å². The van der Waals surface area contributed by atoms with E-state index < -0.39 is 4.92 Å². The monoisotopic (exact) mass is 333 g/mol. The average Bonchev–Trinajstić information content (AvgIpc) is 2.16. The molecule has 0 aliphatic carbocycles. The highest BCUT2D eigenvalue weighted by Gasteiger charge is 2.21. The molecule has 15 heavy (non-hydrogen) atoms. The van der Waals surface area contributed by atoms with Crippen LogP contribution in [0.5, 0.6) is 5.75 Å². The van der Waals surface area contributed by atoms with Crippen molar-refractivity contribution >= 4 is 37.9 Å². The summed E-state index contributed by atoms with van der Waals surface area (Å²) in [6, 6.07) is 3.62. The summed E-state index contributed by atoms with van der Waals surface area (Å²) in [4.78, 5) is 10.1. The van der Waals surface area contributed by atoms with E-state index in [-0.39, 0.29) is 12.3 Å². The van der Waals surface area contributed by atoms with E-state index in [0.29, 0.717) is 11.3 Å². The first kappa shape index (κ1) is 10.6. The molecule has 0 radical (unpaired) electrons. The molecule has 1 aromatic rings. The fourth-order valence-electron chi connectivity index (χ4n) is 1.31. The fraction of sp³-hybridized carbons (Fsp3) is 0.111. The van der Waals surface area contributed by atoms with Crippen LogP contribution in [0.25, 0.3) is 6.08 Å². The SMILES string of the molecule is O=[N+]([O-])C1=Cc2cc(Br)cc(Br)c2OC1. The van der Waals surface area contributed by atoms with Crippen LogP contribution in [0.4, 0.5) is 0 Å². The molecule has 0 bridgehead atoms. The molecule has 0 fully saturated rings. The summed E-state index contributed by atoms with van der Waals surface area (Å²) in [5.74, 6) is 0.642. The van der Waals surface area contributed by atoms with Crippen molar-refractivity contribution in [3.8, 4) is 5.75 Å². The van der Waals surface area contributed by atoms with Crippen LogP contribution < -0.4 is 4.74 Å². The van der Waals surface area contributed by atoms with Crippen molar-refractivity contribution in [3.63, 3.8) is 0 Å². The molecule has 78 valence electrons. The summed E-state index contributed by atoms with van der Waals surface area (Å²) >= 11 is 6.65. The molecule has 0 saturated heterocycles. The summed E-state index contributed by atoms with van der Waals surface area (Å²) < 4.78 is 6.93. The Bertz CT molecular complexity index is 471. The molecule has 1 aliphatic rings. The summed E-state index contributed by atoms with van der Waals surface area (Å²) in [5.41, 5.74) is 0.765. The topological polar surface area (TPSA) is 52.4 Å². The van der Waals surface area contributed by atoms with Crippen molar-refractivity contribution in [1.29, 1.82) is 0 Å².